The molecular weight excluding hydrogens is 247 g/mol. The van der Waals surface area contributed by atoms with Crippen LogP contribution < -0.4 is 10.6 Å². The van der Waals surface area contributed by atoms with E-state index in [1.165, 1.54) is 12.1 Å². The largest absolute Gasteiger partial charge is 0.368 e. The van der Waals surface area contributed by atoms with Crippen LogP contribution in [0.15, 0.2) is 24.3 Å². The Bertz CT molecular complexity index is 433. The molecule has 0 radical (unpaired) electrons. The van der Waals surface area contributed by atoms with E-state index in [-0.39, 0.29) is 24.3 Å². The summed E-state index contributed by atoms with van der Waals surface area (Å²) >= 11 is 0. The molecule has 104 valence electrons. The number of amides is 1. The molecule has 0 saturated heterocycles. The van der Waals surface area contributed by atoms with Crippen LogP contribution in [0.25, 0.3) is 0 Å². The number of para-hydroxylation sites is 1. The summed E-state index contributed by atoms with van der Waals surface area (Å²) in [6.07, 6.45) is 2.12. The standard InChI is InChI=1S/C14H19FN2O2/c1-16-8-10-6-11(7-10)19-9-14(18)17-13-5-3-2-4-12(13)15/h2-5,10-11,16H,6-9H2,1H3,(H,17,18). The van der Waals surface area contributed by atoms with Crippen LogP contribution in [0, 0.1) is 11.7 Å². The fraction of sp³-hybridized carbons (Fsp3) is 0.500. The minimum Gasteiger partial charge on any atom is -0.368 e. The lowest BCUT2D eigenvalue weighted by atomic mass is 9.82. The SMILES string of the molecule is CNCC1CC(OCC(=O)Nc2ccccc2F)C1. The van der Waals surface area contributed by atoms with Gasteiger partial charge in [-0.3, -0.25) is 4.79 Å². The molecule has 1 saturated carbocycles. The lowest BCUT2D eigenvalue weighted by Gasteiger charge is -2.34. The third-order valence-electron chi connectivity index (χ3n) is 3.28. The first-order valence-corrected chi connectivity index (χ1v) is 6.49. The molecule has 1 fully saturated rings. The van der Waals surface area contributed by atoms with Gasteiger partial charge in [0.15, 0.2) is 0 Å². The van der Waals surface area contributed by atoms with Gasteiger partial charge in [-0.25, -0.2) is 4.39 Å². The zero-order valence-electron chi connectivity index (χ0n) is 11.0. The van der Waals surface area contributed by atoms with Crippen molar-refractivity contribution in [2.45, 2.75) is 18.9 Å². The van der Waals surface area contributed by atoms with Crippen molar-refractivity contribution in [1.82, 2.24) is 5.32 Å². The predicted octanol–water partition coefficient (Wildman–Crippen LogP) is 1.78. The van der Waals surface area contributed by atoms with Crippen molar-refractivity contribution in [2.75, 3.05) is 25.5 Å². The summed E-state index contributed by atoms with van der Waals surface area (Å²) in [5, 5.41) is 5.62. The zero-order valence-corrected chi connectivity index (χ0v) is 11.0. The number of ether oxygens (including phenoxy) is 1. The molecular formula is C14H19FN2O2. The summed E-state index contributed by atoms with van der Waals surface area (Å²) in [5.74, 6) is -0.111. The molecule has 0 spiro atoms. The van der Waals surface area contributed by atoms with Gasteiger partial charge in [-0.1, -0.05) is 12.1 Å². The van der Waals surface area contributed by atoms with E-state index in [4.69, 9.17) is 4.74 Å². The zero-order chi connectivity index (χ0) is 13.7. The molecule has 2 N–H and O–H groups in total. The van der Waals surface area contributed by atoms with Crippen LogP contribution >= 0.6 is 0 Å². The first-order valence-electron chi connectivity index (χ1n) is 6.49. The monoisotopic (exact) mass is 266 g/mol. The van der Waals surface area contributed by atoms with Crippen molar-refractivity contribution in [3.8, 4) is 0 Å². The molecule has 0 bridgehead atoms. The Balaban J connectivity index is 1.67. The first kappa shape index (κ1) is 14.0. The number of benzene rings is 1. The van der Waals surface area contributed by atoms with Gasteiger partial charge in [-0.15, -0.1) is 0 Å². The Morgan fingerprint density at radius 3 is 2.84 bits per heavy atom. The number of rotatable bonds is 6. The molecule has 5 heteroatoms. The summed E-state index contributed by atoms with van der Waals surface area (Å²) < 4.78 is 18.8. The molecule has 2 rings (SSSR count). The topological polar surface area (TPSA) is 50.4 Å². The third-order valence-corrected chi connectivity index (χ3v) is 3.28. The van der Waals surface area contributed by atoms with Crippen molar-refractivity contribution in [3.63, 3.8) is 0 Å². The van der Waals surface area contributed by atoms with Crippen LogP contribution in [0.4, 0.5) is 10.1 Å². The lowest BCUT2D eigenvalue weighted by Crippen LogP contribution is -2.38. The van der Waals surface area contributed by atoms with Crippen molar-refractivity contribution in [3.05, 3.63) is 30.1 Å². The number of carbonyl (C=O) groups excluding carboxylic acids is 1. The summed E-state index contributed by atoms with van der Waals surface area (Å²) in [7, 11) is 1.93. The van der Waals surface area contributed by atoms with E-state index in [2.05, 4.69) is 10.6 Å². The Hall–Kier alpha value is -1.46. The summed E-state index contributed by atoms with van der Waals surface area (Å²) in [6, 6.07) is 6.09. The van der Waals surface area contributed by atoms with Gasteiger partial charge in [0.25, 0.3) is 0 Å². The number of hydrogen-bond donors (Lipinski definition) is 2. The van der Waals surface area contributed by atoms with E-state index in [9.17, 15) is 9.18 Å². The molecule has 1 aromatic rings. The number of carbonyl (C=O) groups is 1. The molecule has 1 aliphatic rings. The fourth-order valence-electron chi connectivity index (χ4n) is 2.21. The minimum atomic E-state index is -0.437. The highest BCUT2D eigenvalue weighted by molar-refractivity contribution is 5.91. The second kappa shape index (κ2) is 6.63. The van der Waals surface area contributed by atoms with Crippen molar-refractivity contribution in [2.24, 2.45) is 5.92 Å². The van der Waals surface area contributed by atoms with E-state index in [0.717, 1.165) is 19.4 Å². The number of halogens is 1. The van der Waals surface area contributed by atoms with Crippen LogP contribution in [0.1, 0.15) is 12.8 Å². The highest BCUT2D eigenvalue weighted by Gasteiger charge is 2.29. The molecule has 4 nitrogen and oxygen atoms in total. The summed E-state index contributed by atoms with van der Waals surface area (Å²) in [5.41, 5.74) is 0.192. The van der Waals surface area contributed by atoms with Gasteiger partial charge in [0.1, 0.15) is 12.4 Å². The van der Waals surface area contributed by atoms with E-state index in [1.54, 1.807) is 12.1 Å². The predicted molar refractivity (Wildman–Crippen MR) is 71.4 cm³/mol. The van der Waals surface area contributed by atoms with Crippen LogP contribution in [0.2, 0.25) is 0 Å². The maximum absolute atomic E-state index is 13.3. The van der Waals surface area contributed by atoms with Gasteiger partial charge in [-0.2, -0.15) is 0 Å². The van der Waals surface area contributed by atoms with Gasteiger partial charge in [-0.05, 0) is 44.5 Å². The Morgan fingerprint density at radius 2 is 2.16 bits per heavy atom. The van der Waals surface area contributed by atoms with Gasteiger partial charge in [0.2, 0.25) is 5.91 Å². The first-order chi connectivity index (χ1) is 9.19. The second-order valence-electron chi connectivity index (χ2n) is 4.86. The van der Waals surface area contributed by atoms with Crippen LogP contribution in [-0.2, 0) is 9.53 Å². The highest BCUT2D eigenvalue weighted by atomic mass is 19.1. The molecule has 1 aromatic carbocycles. The van der Waals surface area contributed by atoms with Gasteiger partial charge >= 0.3 is 0 Å². The summed E-state index contributed by atoms with van der Waals surface area (Å²) in [6.45, 7) is 0.965. The summed E-state index contributed by atoms with van der Waals surface area (Å²) in [4.78, 5) is 11.6. The van der Waals surface area contributed by atoms with Gasteiger partial charge < -0.3 is 15.4 Å². The minimum absolute atomic E-state index is 0.0225. The number of anilines is 1. The van der Waals surface area contributed by atoms with Crippen LogP contribution in [-0.4, -0.2) is 32.2 Å². The normalized spacial score (nSPS) is 21.8. The lowest BCUT2D eigenvalue weighted by molar-refractivity contribution is -0.125. The average molecular weight is 266 g/mol. The highest BCUT2D eigenvalue weighted by Crippen LogP contribution is 2.29. The van der Waals surface area contributed by atoms with E-state index < -0.39 is 5.82 Å². The third kappa shape index (κ3) is 4.01. The molecule has 19 heavy (non-hydrogen) atoms. The molecule has 0 aromatic heterocycles. The number of nitrogens with one attached hydrogen (secondary N) is 2. The van der Waals surface area contributed by atoms with Crippen molar-refractivity contribution in [1.29, 1.82) is 0 Å². The van der Waals surface area contributed by atoms with E-state index >= 15 is 0 Å². The molecule has 0 aliphatic heterocycles. The average Bonchev–Trinajstić information content (AvgIpc) is 2.35. The Labute approximate surface area is 112 Å². The van der Waals surface area contributed by atoms with E-state index in [0.29, 0.717) is 5.92 Å². The Morgan fingerprint density at radius 1 is 1.42 bits per heavy atom. The number of hydrogen-bond acceptors (Lipinski definition) is 3. The molecule has 0 unspecified atom stereocenters. The van der Waals surface area contributed by atoms with Crippen molar-refractivity contribution < 1.29 is 13.9 Å². The Kier molecular flexibility index (Phi) is 4.87. The van der Waals surface area contributed by atoms with Crippen molar-refractivity contribution >= 4 is 11.6 Å². The van der Waals surface area contributed by atoms with E-state index in [1.807, 2.05) is 7.05 Å². The smallest absolute Gasteiger partial charge is 0.250 e. The van der Waals surface area contributed by atoms with Crippen LogP contribution in [0.3, 0.4) is 0 Å². The molecule has 1 amide bonds. The second-order valence-corrected chi connectivity index (χ2v) is 4.86. The maximum atomic E-state index is 13.3. The molecule has 0 atom stereocenters. The van der Waals surface area contributed by atoms with Crippen LogP contribution in [0.5, 0.6) is 0 Å². The molecule has 1 aliphatic carbocycles. The quantitative estimate of drug-likeness (QED) is 0.825. The van der Waals surface area contributed by atoms with Gasteiger partial charge in [0.05, 0.1) is 11.8 Å². The van der Waals surface area contributed by atoms with Gasteiger partial charge in [0, 0.05) is 0 Å². The molecule has 0 heterocycles. The maximum Gasteiger partial charge on any atom is 0.250 e. The fourth-order valence-corrected chi connectivity index (χ4v) is 2.21.